The van der Waals surface area contributed by atoms with Gasteiger partial charge in [-0.3, -0.25) is 0 Å². The fraction of sp³-hybridized carbons (Fsp3) is 0. The van der Waals surface area contributed by atoms with E-state index >= 15 is 0 Å². The first-order valence-corrected chi connectivity index (χ1v) is 9.13. The Bertz CT molecular complexity index is 8.00. The van der Waals surface area contributed by atoms with Crippen LogP contribution in [0.15, 0.2) is 0 Å². The first-order chi connectivity index (χ1) is 1.41. The van der Waals surface area contributed by atoms with Gasteiger partial charge in [-0.15, -0.1) is 0 Å². The number of rotatable bonds is 0. The van der Waals surface area contributed by atoms with Gasteiger partial charge in [0.05, 0.1) is 0 Å². The van der Waals surface area contributed by atoms with Crippen molar-refractivity contribution in [3.63, 3.8) is 0 Å². The quantitative estimate of drug-likeness (QED) is 0.413. The monoisotopic (exact) mass is 288 g/mol. The molecular weight excluding hydrogens is 284 g/mol. The molecule has 28 valence electrons. The molecule has 0 spiro atoms. The molecule has 0 aromatic rings. The number of hydrogen-bond acceptors (Lipinski definition) is 0. The molecule has 1 atom stereocenters. The Morgan fingerprint density at radius 1 is 1.75 bits per heavy atom. The van der Waals surface area contributed by atoms with Crippen LogP contribution in [0.4, 0.5) is 0 Å². The van der Waals surface area contributed by atoms with Crippen molar-refractivity contribution in [3.8, 4) is 0 Å². The summed E-state index contributed by atoms with van der Waals surface area (Å²) in [5.41, 5.74) is 0. The summed E-state index contributed by atoms with van der Waals surface area (Å²) in [6, 6.07) is 0. The summed E-state index contributed by atoms with van der Waals surface area (Å²) in [7, 11) is 2.75. The molecule has 0 amide bonds. The molecule has 4 heavy (non-hydrogen) atoms. The van der Waals surface area contributed by atoms with E-state index in [4.69, 9.17) is 0 Å². The first-order valence-electron chi connectivity index (χ1n) is 0.644. The summed E-state index contributed by atoms with van der Waals surface area (Å²) in [6.07, 6.45) is 2.25. The molecule has 0 N–H and O–H groups in total. The number of hydrogen-bond donors (Lipinski definition) is 0. The van der Waals surface area contributed by atoms with Crippen LogP contribution >= 0.6 is 7.33 Å². The third-order valence-electron chi connectivity index (χ3n) is 0. The summed E-state index contributed by atoms with van der Waals surface area (Å²) in [4.78, 5) is 0. The minimum absolute atomic E-state index is 0. The average Bonchev–Trinajstić information content (AvgIpc) is 0.918. The van der Waals surface area contributed by atoms with Gasteiger partial charge in [0.25, 0.3) is 0 Å². The van der Waals surface area contributed by atoms with Crippen LogP contribution in [0.5, 0.6) is 0 Å². The van der Waals surface area contributed by atoms with Gasteiger partial charge in [-0.2, -0.15) is 0 Å². The van der Waals surface area contributed by atoms with Gasteiger partial charge in [-0.05, 0) is 0 Å². The predicted molar refractivity (Wildman–Crippen MR) is 18.3 cm³/mol. The molecule has 4 heteroatoms. The van der Waals surface area contributed by atoms with Crippen LogP contribution in [0, 0.1) is 0 Å². The van der Waals surface area contributed by atoms with Gasteiger partial charge in [-0.25, -0.2) is 0 Å². The zero-order valence-corrected chi connectivity index (χ0v) is 7.38. The van der Waals surface area contributed by atoms with Crippen molar-refractivity contribution in [1.82, 2.24) is 0 Å². The van der Waals surface area contributed by atoms with Crippen molar-refractivity contribution < 1.29 is 34.3 Å². The zero-order valence-electron chi connectivity index (χ0n) is 2.30. The molecule has 0 radical (unpaired) electrons. The maximum Gasteiger partial charge on any atom is 0 e. The molecule has 0 heterocycles. The van der Waals surface area contributed by atoms with E-state index in [9.17, 15) is 0 Å². The Morgan fingerprint density at radius 2 is 1.75 bits per heavy atom. The van der Waals surface area contributed by atoms with Crippen LogP contribution in [0.25, 0.3) is 0 Å². The molecule has 0 aliphatic rings. The maximum atomic E-state index is 2.75. The van der Waals surface area contributed by atoms with Gasteiger partial charge >= 0.3 is 31.3 Å². The van der Waals surface area contributed by atoms with Gasteiger partial charge in [0.15, 0.2) is 0 Å². The minimum atomic E-state index is 0. The van der Waals surface area contributed by atoms with E-state index in [0.717, 1.165) is 0 Å². The van der Waals surface area contributed by atoms with E-state index in [1.165, 1.54) is 0 Å². The summed E-state index contributed by atoms with van der Waals surface area (Å²) in [5, 5.41) is 0. The first kappa shape index (κ1) is 9.18. The second kappa shape index (κ2) is 8.82. The van der Waals surface area contributed by atoms with Crippen molar-refractivity contribution in [2.45, 2.75) is 0 Å². The Hall–Kier alpha value is 1.68. The van der Waals surface area contributed by atoms with Crippen LogP contribution in [0.1, 0.15) is 0 Å². The molecule has 0 aromatic carbocycles. The van der Waals surface area contributed by atoms with Crippen molar-refractivity contribution in [2.75, 3.05) is 0 Å². The molecule has 0 bridgehead atoms. The summed E-state index contributed by atoms with van der Waals surface area (Å²) < 4.78 is 0. The van der Waals surface area contributed by atoms with E-state index in [1.54, 1.807) is 0 Å². The summed E-state index contributed by atoms with van der Waals surface area (Å²) in [5.74, 6) is 0. The Morgan fingerprint density at radius 3 is 1.75 bits per heavy atom. The molecule has 0 nitrogen and oxygen atoms in total. The molecule has 0 saturated carbocycles. The van der Waals surface area contributed by atoms with Gasteiger partial charge in [0, 0.05) is 16.5 Å². The molecule has 0 aromatic heterocycles. The van der Waals surface area contributed by atoms with Crippen LogP contribution in [0.2, 0.25) is 0 Å². The van der Waals surface area contributed by atoms with Crippen molar-refractivity contribution in [1.29, 1.82) is 0 Å². The zero-order chi connectivity index (χ0) is 2.71. The average molecular weight is 288 g/mol. The standard InChI is InChI=1S/BH2.Ni.H2P.W/h1H2;;1H2;/q+1;;-1;. The van der Waals surface area contributed by atoms with Crippen LogP contribution in [-0.2, 0) is 34.3 Å². The molecule has 0 fully saturated rings. The Kier molecular flexibility index (Phi) is 20.3. The Balaban J connectivity index is 0. The molecule has 0 rings (SSSR count). The van der Waals surface area contributed by atoms with Crippen LogP contribution in [0.3, 0.4) is 0 Å². The normalized spacial score (nSPS) is 4.25. The fourth-order valence-electron chi connectivity index (χ4n) is 0. The third kappa shape index (κ3) is 9.37. The second-order valence-electron chi connectivity index (χ2n) is 0.236. The Labute approximate surface area is 47.8 Å². The van der Waals surface area contributed by atoms with Gasteiger partial charge in [0.1, 0.15) is 0 Å². The minimum Gasteiger partial charge on any atom is 0 e. The fourth-order valence-corrected chi connectivity index (χ4v) is 0. The predicted octanol–water partition coefficient (Wildman–Crippen LogP) is -0.595. The van der Waals surface area contributed by atoms with E-state index in [1.807, 2.05) is 0 Å². The van der Waals surface area contributed by atoms with Crippen molar-refractivity contribution in [3.05, 3.63) is 0 Å². The third-order valence-corrected chi connectivity index (χ3v) is 0. The van der Waals surface area contributed by atoms with Crippen molar-refractivity contribution >= 4 is 13.4 Å². The molecule has 0 saturated heterocycles. The SMILES string of the molecule is [BH2][W][PH2].[Ni]. The second-order valence-corrected chi connectivity index (χ2v) is 5.79. The topological polar surface area (TPSA) is 0 Å². The molecule has 0 aliphatic heterocycles. The van der Waals surface area contributed by atoms with E-state index in [-0.39, 0.29) is 34.3 Å². The van der Waals surface area contributed by atoms with Gasteiger partial charge in [0.2, 0.25) is 0 Å². The smallest absolute Gasteiger partial charge is 0 e. The van der Waals surface area contributed by atoms with Crippen molar-refractivity contribution in [2.24, 2.45) is 0 Å². The van der Waals surface area contributed by atoms with Gasteiger partial charge < -0.3 is 0 Å². The summed E-state index contributed by atoms with van der Waals surface area (Å²) >= 11 is 0.167. The van der Waals surface area contributed by atoms with E-state index < -0.39 is 0 Å². The molecule has 0 aliphatic carbocycles. The van der Waals surface area contributed by atoms with Gasteiger partial charge in [-0.1, -0.05) is 0 Å². The molecule has 1 unspecified atom stereocenters. The maximum absolute atomic E-state index is 2.75. The van der Waals surface area contributed by atoms with E-state index in [0.29, 0.717) is 0 Å². The largest absolute Gasteiger partial charge is 0 e. The van der Waals surface area contributed by atoms with Crippen LogP contribution in [-0.4, -0.2) is 6.11 Å². The molecular formula is H4BNiPW. The van der Waals surface area contributed by atoms with Crippen LogP contribution < -0.4 is 0 Å². The summed E-state index contributed by atoms with van der Waals surface area (Å²) in [6.45, 7) is 0. The van der Waals surface area contributed by atoms with E-state index in [2.05, 4.69) is 13.4 Å².